The molecule has 1 fully saturated rings. The van der Waals surface area contributed by atoms with E-state index in [9.17, 15) is 4.79 Å². The minimum absolute atomic E-state index is 0.200. The number of benzene rings is 1. The van der Waals surface area contributed by atoms with Crippen LogP contribution in [0.2, 0.25) is 0 Å². The van der Waals surface area contributed by atoms with Gasteiger partial charge in [0.25, 0.3) is 0 Å². The van der Waals surface area contributed by atoms with E-state index < -0.39 is 0 Å². The molecule has 4 heteroatoms. The summed E-state index contributed by atoms with van der Waals surface area (Å²) in [5, 5.41) is 3.32. The van der Waals surface area contributed by atoms with Crippen molar-refractivity contribution >= 4 is 5.91 Å². The molecular formula is C17H26N2O2. The van der Waals surface area contributed by atoms with E-state index in [1.165, 1.54) is 5.56 Å². The van der Waals surface area contributed by atoms with Crippen molar-refractivity contribution in [1.82, 2.24) is 10.2 Å². The molecule has 0 aliphatic carbocycles. The van der Waals surface area contributed by atoms with Crippen LogP contribution in [0.3, 0.4) is 0 Å². The Kier molecular flexibility index (Phi) is 5.37. The van der Waals surface area contributed by atoms with Crippen LogP contribution in [-0.2, 0) is 16.1 Å². The second-order valence-corrected chi connectivity index (χ2v) is 6.11. The molecule has 1 heterocycles. The van der Waals surface area contributed by atoms with Gasteiger partial charge in [-0.2, -0.15) is 0 Å². The Balaban J connectivity index is 2.07. The summed E-state index contributed by atoms with van der Waals surface area (Å²) in [6.45, 7) is 4.99. The monoisotopic (exact) mass is 290 g/mol. The van der Waals surface area contributed by atoms with Gasteiger partial charge in [-0.1, -0.05) is 29.8 Å². The minimum Gasteiger partial charge on any atom is -0.384 e. The summed E-state index contributed by atoms with van der Waals surface area (Å²) >= 11 is 0. The second kappa shape index (κ2) is 7.05. The summed E-state index contributed by atoms with van der Waals surface area (Å²) in [6.07, 6.45) is 1.69. The summed E-state index contributed by atoms with van der Waals surface area (Å²) in [6, 6.07) is 8.35. The molecule has 116 valence electrons. The molecule has 4 nitrogen and oxygen atoms in total. The van der Waals surface area contributed by atoms with Crippen LogP contribution in [0.5, 0.6) is 0 Å². The number of piperidine rings is 1. The first-order valence-corrected chi connectivity index (χ1v) is 7.58. The van der Waals surface area contributed by atoms with Gasteiger partial charge >= 0.3 is 0 Å². The third-order valence-electron chi connectivity index (χ3n) is 4.32. The lowest BCUT2D eigenvalue weighted by Gasteiger charge is -2.38. The van der Waals surface area contributed by atoms with Crippen molar-refractivity contribution in [3.05, 3.63) is 35.4 Å². The van der Waals surface area contributed by atoms with Gasteiger partial charge in [0.1, 0.15) is 0 Å². The largest absolute Gasteiger partial charge is 0.384 e. The van der Waals surface area contributed by atoms with Gasteiger partial charge in [-0.25, -0.2) is 0 Å². The van der Waals surface area contributed by atoms with Gasteiger partial charge < -0.3 is 15.0 Å². The average molecular weight is 290 g/mol. The molecule has 0 radical (unpaired) electrons. The number of amides is 1. The SMILES string of the molecule is COCC1(C(=O)N(C)Cc2ccc(C)cc2)CCNCC1. The second-order valence-electron chi connectivity index (χ2n) is 6.11. The molecule has 0 spiro atoms. The zero-order chi connectivity index (χ0) is 15.3. The smallest absolute Gasteiger partial charge is 0.231 e. The first-order chi connectivity index (χ1) is 10.1. The molecule has 1 aromatic carbocycles. The van der Waals surface area contributed by atoms with Gasteiger partial charge in [0.15, 0.2) is 0 Å². The molecule has 0 unspecified atom stereocenters. The third kappa shape index (κ3) is 3.83. The van der Waals surface area contributed by atoms with E-state index >= 15 is 0 Å². The molecule has 1 saturated heterocycles. The standard InChI is InChI=1S/C17H26N2O2/c1-14-4-6-15(7-5-14)12-19(2)16(20)17(13-21-3)8-10-18-11-9-17/h4-7,18H,8-13H2,1-3H3. The Bertz CT molecular complexity index is 459. The van der Waals surface area contributed by atoms with Gasteiger partial charge in [0.2, 0.25) is 5.91 Å². The van der Waals surface area contributed by atoms with E-state index in [2.05, 4.69) is 36.5 Å². The number of carbonyl (C=O) groups excluding carboxylic acids is 1. The summed E-state index contributed by atoms with van der Waals surface area (Å²) < 4.78 is 5.35. The molecule has 1 amide bonds. The number of carbonyl (C=O) groups is 1. The molecular weight excluding hydrogens is 264 g/mol. The number of rotatable bonds is 5. The van der Waals surface area contributed by atoms with Gasteiger partial charge in [-0.15, -0.1) is 0 Å². The lowest BCUT2D eigenvalue weighted by atomic mass is 9.78. The van der Waals surface area contributed by atoms with Gasteiger partial charge in [-0.3, -0.25) is 4.79 Å². The number of hydrogen-bond acceptors (Lipinski definition) is 3. The van der Waals surface area contributed by atoms with E-state index in [1.807, 2.05) is 11.9 Å². The summed E-state index contributed by atoms with van der Waals surface area (Å²) in [5.74, 6) is 0.200. The Morgan fingerprint density at radius 3 is 2.48 bits per heavy atom. The van der Waals surface area contributed by atoms with Gasteiger partial charge in [0, 0.05) is 20.7 Å². The van der Waals surface area contributed by atoms with Crippen LogP contribution < -0.4 is 5.32 Å². The average Bonchev–Trinajstić information content (AvgIpc) is 2.50. The first kappa shape index (κ1) is 16.0. The quantitative estimate of drug-likeness (QED) is 0.901. The highest BCUT2D eigenvalue weighted by Crippen LogP contribution is 2.31. The summed E-state index contributed by atoms with van der Waals surface area (Å²) in [5.41, 5.74) is 2.04. The minimum atomic E-state index is -0.362. The molecule has 2 rings (SSSR count). The van der Waals surface area contributed by atoms with Crippen LogP contribution in [0.25, 0.3) is 0 Å². The van der Waals surface area contributed by atoms with Crippen LogP contribution in [0.4, 0.5) is 0 Å². The maximum atomic E-state index is 12.9. The number of methoxy groups -OCH3 is 1. The lowest BCUT2D eigenvalue weighted by molar-refractivity contribution is -0.146. The molecule has 1 N–H and O–H groups in total. The Labute approximate surface area is 127 Å². The fourth-order valence-electron chi connectivity index (χ4n) is 3.05. The predicted molar refractivity (Wildman–Crippen MR) is 84.1 cm³/mol. The Morgan fingerprint density at radius 1 is 1.29 bits per heavy atom. The van der Waals surface area contributed by atoms with Crippen molar-refractivity contribution in [2.24, 2.45) is 5.41 Å². The highest BCUT2D eigenvalue weighted by molar-refractivity contribution is 5.83. The fraction of sp³-hybridized carbons (Fsp3) is 0.588. The maximum absolute atomic E-state index is 12.9. The van der Waals surface area contributed by atoms with Crippen molar-refractivity contribution in [2.45, 2.75) is 26.3 Å². The number of aryl methyl sites for hydroxylation is 1. The van der Waals surface area contributed by atoms with Crippen LogP contribution in [-0.4, -0.2) is 44.7 Å². The Hall–Kier alpha value is -1.39. The maximum Gasteiger partial charge on any atom is 0.231 e. The molecule has 1 aromatic rings. The number of hydrogen-bond donors (Lipinski definition) is 1. The molecule has 1 aliphatic heterocycles. The highest BCUT2D eigenvalue weighted by atomic mass is 16.5. The fourth-order valence-corrected chi connectivity index (χ4v) is 3.05. The topological polar surface area (TPSA) is 41.6 Å². The molecule has 1 aliphatic rings. The van der Waals surface area contributed by atoms with Crippen molar-refractivity contribution in [3.63, 3.8) is 0 Å². The first-order valence-electron chi connectivity index (χ1n) is 7.58. The highest BCUT2D eigenvalue weighted by Gasteiger charge is 2.41. The number of ether oxygens (including phenoxy) is 1. The molecule has 0 aromatic heterocycles. The van der Waals surface area contributed by atoms with Gasteiger partial charge in [-0.05, 0) is 38.4 Å². The summed E-state index contributed by atoms with van der Waals surface area (Å²) in [7, 11) is 3.57. The molecule has 0 atom stereocenters. The summed E-state index contributed by atoms with van der Waals surface area (Å²) in [4.78, 5) is 14.7. The van der Waals surface area contributed by atoms with E-state index in [4.69, 9.17) is 4.74 Å². The molecule has 21 heavy (non-hydrogen) atoms. The van der Waals surface area contributed by atoms with E-state index in [0.717, 1.165) is 31.5 Å². The lowest BCUT2D eigenvalue weighted by Crippen LogP contribution is -2.50. The van der Waals surface area contributed by atoms with Crippen molar-refractivity contribution in [3.8, 4) is 0 Å². The molecule has 0 saturated carbocycles. The van der Waals surface area contributed by atoms with E-state index in [-0.39, 0.29) is 11.3 Å². The zero-order valence-electron chi connectivity index (χ0n) is 13.3. The van der Waals surface area contributed by atoms with Crippen LogP contribution in [0.1, 0.15) is 24.0 Å². The van der Waals surface area contributed by atoms with Crippen molar-refractivity contribution in [1.29, 1.82) is 0 Å². The normalized spacial score (nSPS) is 17.5. The van der Waals surface area contributed by atoms with Crippen LogP contribution in [0.15, 0.2) is 24.3 Å². The van der Waals surface area contributed by atoms with Gasteiger partial charge in [0.05, 0.1) is 12.0 Å². The van der Waals surface area contributed by atoms with Crippen molar-refractivity contribution < 1.29 is 9.53 Å². The number of nitrogens with zero attached hydrogens (tertiary/aromatic N) is 1. The Morgan fingerprint density at radius 2 is 1.90 bits per heavy atom. The third-order valence-corrected chi connectivity index (χ3v) is 4.32. The zero-order valence-corrected chi connectivity index (χ0v) is 13.3. The van der Waals surface area contributed by atoms with E-state index in [1.54, 1.807) is 7.11 Å². The number of nitrogens with one attached hydrogen (secondary N) is 1. The van der Waals surface area contributed by atoms with E-state index in [0.29, 0.717) is 13.2 Å². The molecule has 0 bridgehead atoms. The predicted octanol–water partition coefficient (Wildman–Crippen LogP) is 1.97. The van der Waals surface area contributed by atoms with Crippen LogP contribution >= 0.6 is 0 Å². The van der Waals surface area contributed by atoms with Crippen LogP contribution in [0, 0.1) is 12.3 Å². The van der Waals surface area contributed by atoms with Crippen molar-refractivity contribution in [2.75, 3.05) is 33.9 Å².